The lowest BCUT2D eigenvalue weighted by Gasteiger charge is -2.29. The van der Waals surface area contributed by atoms with E-state index in [0.29, 0.717) is 12.2 Å². The number of nitrogens with zero attached hydrogens (tertiary/aromatic N) is 4. The molecule has 1 unspecified atom stereocenters. The van der Waals surface area contributed by atoms with Crippen molar-refractivity contribution in [2.45, 2.75) is 46.3 Å². The van der Waals surface area contributed by atoms with Gasteiger partial charge < -0.3 is 29.7 Å². The number of imidazole rings is 1. The van der Waals surface area contributed by atoms with Gasteiger partial charge in [0.2, 0.25) is 5.91 Å². The maximum atomic E-state index is 13.5. The number of likely N-dealkylation sites (N-methyl/N-ethyl adjacent to an activating group) is 1. The Morgan fingerprint density at radius 2 is 1.74 bits per heavy atom. The molecule has 4 rings (SSSR count). The van der Waals surface area contributed by atoms with Crippen molar-refractivity contribution in [1.29, 1.82) is 0 Å². The fourth-order valence-electron chi connectivity index (χ4n) is 4.79. The first-order chi connectivity index (χ1) is 16.7. The van der Waals surface area contributed by atoms with Crippen LogP contribution < -0.4 is 15.5 Å². The fraction of sp³-hybridized carbons (Fsp3) is 0.577. The second kappa shape index (κ2) is 10.4. The van der Waals surface area contributed by atoms with Gasteiger partial charge in [-0.05, 0) is 49.7 Å². The van der Waals surface area contributed by atoms with Crippen molar-refractivity contribution in [1.82, 2.24) is 25.1 Å². The summed E-state index contributed by atoms with van der Waals surface area (Å²) in [6, 6.07) is 7.73. The van der Waals surface area contributed by atoms with E-state index in [9.17, 15) is 9.59 Å². The highest BCUT2D eigenvalue weighted by molar-refractivity contribution is 5.97. The van der Waals surface area contributed by atoms with Crippen molar-refractivity contribution in [2.75, 3.05) is 51.8 Å². The Morgan fingerprint density at radius 3 is 2.37 bits per heavy atom. The van der Waals surface area contributed by atoms with Crippen molar-refractivity contribution in [2.24, 2.45) is 5.41 Å². The third-order valence-electron chi connectivity index (χ3n) is 6.78. The van der Waals surface area contributed by atoms with Gasteiger partial charge in [-0.15, -0.1) is 0 Å². The fourth-order valence-corrected chi connectivity index (χ4v) is 4.79. The van der Waals surface area contributed by atoms with Gasteiger partial charge in [-0.1, -0.05) is 20.8 Å². The zero-order valence-corrected chi connectivity index (χ0v) is 21.6. The van der Waals surface area contributed by atoms with Crippen molar-refractivity contribution >= 4 is 17.5 Å². The van der Waals surface area contributed by atoms with Crippen molar-refractivity contribution < 1.29 is 14.3 Å². The Hall–Kier alpha value is -2.91. The summed E-state index contributed by atoms with van der Waals surface area (Å²) in [4.78, 5) is 35.4. The number of hydrogen-bond acceptors (Lipinski definition) is 6. The third kappa shape index (κ3) is 5.51. The number of ether oxygens (including phenoxy) is 1. The van der Waals surface area contributed by atoms with Crippen molar-refractivity contribution in [3.63, 3.8) is 0 Å². The number of carbonyl (C=O) groups excluding carboxylic acids is 2. The Kier molecular flexibility index (Phi) is 7.47. The van der Waals surface area contributed by atoms with Crippen LogP contribution in [0, 0.1) is 5.41 Å². The first kappa shape index (κ1) is 25.2. The number of rotatable bonds is 5. The largest absolute Gasteiger partial charge is 0.378 e. The molecule has 1 fully saturated rings. The maximum absolute atomic E-state index is 13.5. The molecule has 2 amide bonds. The summed E-state index contributed by atoms with van der Waals surface area (Å²) < 4.78 is 7.65. The van der Waals surface area contributed by atoms with E-state index in [-0.39, 0.29) is 11.8 Å². The number of nitrogens with one attached hydrogen (secondary N) is 2. The van der Waals surface area contributed by atoms with Gasteiger partial charge >= 0.3 is 0 Å². The summed E-state index contributed by atoms with van der Waals surface area (Å²) in [6.07, 6.45) is 0.975. The Morgan fingerprint density at radius 1 is 1.06 bits per heavy atom. The quantitative estimate of drug-likeness (QED) is 0.678. The molecule has 1 aromatic heterocycles. The van der Waals surface area contributed by atoms with Gasteiger partial charge in [0.15, 0.2) is 5.69 Å². The summed E-state index contributed by atoms with van der Waals surface area (Å²) in [6.45, 7) is 11.4. The molecular formula is C26H38N6O3. The number of morpholine rings is 1. The van der Waals surface area contributed by atoms with Gasteiger partial charge in [-0.25, -0.2) is 4.98 Å². The molecule has 35 heavy (non-hydrogen) atoms. The van der Waals surface area contributed by atoms with Crippen LogP contribution in [0.25, 0.3) is 11.4 Å². The van der Waals surface area contributed by atoms with Gasteiger partial charge in [0.25, 0.3) is 5.91 Å². The molecule has 3 heterocycles. The van der Waals surface area contributed by atoms with E-state index in [0.717, 1.165) is 68.6 Å². The van der Waals surface area contributed by atoms with Gasteiger partial charge in [0, 0.05) is 44.5 Å². The normalized spacial score (nSPS) is 17.9. The molecule has 0 aliphatic carbocycles. The number of carbonyl (C=O) groups is 2. The maximum Gasteiger partial charge on any atom is 0.272 e. The van der Waals surface area contributed by atoms with Gasteiger partial charge in [-0.2, -0.15) is 0 Å². The Balaban J connectivity index is 1.68. The molecule has 1 saturated heterocycles. The average Bonchev–Trinajstić information content (AvgIpc) is 3.08. The minimum Gasteiger partial charge on any atom is -0.378 e. The summed E-state index contributed by atoms with van der Waals surface area (Å²) in [5, 5.41) is 5.63. The van der Waals surface area contributed by atoms with Crippen LogP contribution in [0.1, 0.15) is 43.4 Å². The second-order valence-corrected chi connectivity index (χ2v) is 10.5. The molecule has 0 saturated carbocycles. The zero-order chi connectivity index (χ0) is 25.2. The van der Waals surface area contributed by atoms with E-state index in [1.165, 1.54) is 0 Å². The van der Waals surface area contributed by atoms with Crippen LogP contribution in [-0.4, -0.2) is 79.3 Å². The summed E-state index contributed by atoms with van der Waals surface area (Å²) >= 11 is 0. The summed E-state index contributed by atoms with van der Waals surface area (Å²) in [7, 11) is 3.65. The Labute approximate surface area is 207 Å². The molecule has 0 bridgehead atoms. The van der Waals surface area contributed by atoms with E-state index < -0.39 is 11.5 Å². The molecule has 190 valence electrons. The molecule has 2 N–H and O–H groups in total. The van der Waals surface area contributed by atoms with Crippen molar-refractivity contribution in [3.05, 3.63) is 35.7 Å². The number of aromatic nitrogens is 2. The van der Waals surface area contributed by atoms with Crippen LogP contribution in [0.5, 0.6) is 0 Å². The molecule has 2 aromatic rings. The lowest BCUT2D eigenvalue weighted by molar-refractivity contribution is -0.124. The number of fused-ring (bicyclic) bond motifs is 1. The van der Waals surface area contributed by atoms with E-state index in [2.05, 4.69) is 56.3 Å². The molecule has 1 atom stereocenters. The monoisotopic (exact) mass is 482 g/mol. The lowest BCUT2D eigenvalue weighted by Crippen LogP contribution is -2.53. The predicted molar refractivity (Wildman–Crippen MR) is 136 cm³/mol. The molecule has 9 nitrogen and oxygen atoms in total. The van der Waals surface area contributed by atoms with Crippen LogP contribution in [0.3, 0.4) is 0 Å². The highest BCUT2D eigenvalue weighted by Gasteiger charge is 2.34. The van der Waals surface area contributed by atoms with Crippen LogP contribution >= 0.6 is 0 Å². The molecule has 9 heteroatoms. The highest BCUT2D eigenvalue weighted by Crippen LogP contribution is 2.29. The van der Waals surface area contributed by atoms with Crippen LogP contribution in [0.4, 0.5) is 5.69 Å². The van der Waals surface area contributed by atoms with Crippen LogP contribution in [0.2, 0.25) is 0 Å². The van der Waals surface area contributed by atoms with E-state index in [4.69, 9.17) is 9.72 Å². The minimum atomic E-state index is -0.669. The lowest BCUT2D eigenvalue weighted by atomic mass is 9.86. The first-order valence-electron chi connectivity index (χ1n) is 12.4. The van der Waals surface area contributed by atoms with Gasteiger partial charge in [0.1, 0.15) is 11.9 Å². The van der Waals surface area contributed by atoms with Gasteiger partial charge in [0.05, 0.1) is 18.9 Å². The molecule has 0 spiro atoms. The molecule has 1 aromatic carbocycles. The smallest absolute Gasteiger partial charge is 0.272 e. The third-order valence-corrected chi connectivity index (χ3v) is 6.78. The van der Waals surface area contributed by atoms with Crippen molar-refractivity contribution in [3.8, 4) is 11.4 Å². The summed E-state index contributed by atoms with van der Waals surface area (Å²) in [5.41, 5.74) is 2.98. The van der Waals surface area contributed by atoms with Crippen LogP contribution in [0.15, 0.2) is 24.3 Å². The number of anilines is 1. The molecule has 0 radical (unpaired) electrons. The summed E-state index contributed by atoms with van der Waals surface area (Å²) in [5.74, 6) is 0.261. The standard InChI is InChI=1S/C26H38N6O3/c1-26(2,3)22(25(34)27-4)29-24(33)21-20-17-30(5)11-6-12-32(20)23(28-21)18-7-9-19(10-8-18)31-13-15-35-16-14-31/h7-10,22H,6,11-17H2,1-5H3,(H,27,34)(H,29,33). The number of hydrogen-bond donors (Lipinski definition) is 2. The second-order valence-electron chi connectivity index (χ2n) is 10.5. The molecular weight excluding hydrogens is 444 g/mol. The van der Waals surface area contributed by atoms with E-state index in [1.807, 2.05) is 20.8 Å². The topological polar surface area (TPSA) is 91.7 Å². The highest BCUT2D eigenvalue weighted by atomic mass is 16.5. The zero-order valence-electron chi connectivity index (χ0n) is 21.6. The van der Waals surface area contributed by atoms with Gasteiger partial charge in [-0.3, -0.25) is 9.59 Å². The van der Waals surface area contributed by atoms with E-state index >= 15 is 0 Å². The Bertz CT molecular complexity index is 1050. The SMILES string of the molecule is CNC(=O)C(NC(=O)c1nc(-c2ccc(N3CCOCC3)cc2)n2c1CN(C)CCC2)C(C)(C)C. The predicted octanol–water partition coefficient (Wildman–Crippen LogP) is 2.11. The first-order valence-corrected chi connectivity index (χ1v) is 12.4. The number of amides is 2. The average molecular weight is 483 g/mol. The molecule has 2 aliphatic heterocycles. The number of benzene rings is 1. The minimum absolute atomic E-state index is 0.216. The van der Waals surface area contributed by atoms with Crippen LogP contribution in [-0.2, 0) is 22.6 Å². The molecule has 2 aliphatic rings. The van der Waals surface area contributed by atoms with E-state index in [1.54, 1.807) is 7.05 Å².